The van der Waals surface area contributed by atoms with E-state index in [1.54, 1.807) is 18.2 Å². The fraction of sp³-hybridized carbons (Fsp3) is 0. The van der Waals surface area contributed by atoms with Gasteiger partial charge in [-0.3, -0.25) is 0 Å². The third-order valence-corrected chi connectivity index (χ3v) is 2.62. The molecule has 1 N–H and O–H groups in total. The number of benzene rings is 2. The first-order valence-corrected chi connectivity index (χ1v) is 4.93. The smallest absolute Gasteiger partial charge is 0.344 e. The number of fused-ring (bicyclic) bond motifs is 3. The zero-order valence-corrected chi connectivity index (χ0v) is 8.36. The van der Waals surface area contributed by atoms with E-state index in [9.17, 15) is 4.79 Å². The van der Waals surface area contributed by atoms with E-state index >= 15 is 0 Å². The van der Waals surface area contributed by atoms with E-state index < -0.39 is 0 Å². The summed E-state index contributed by atoms with van der Waals surface area (Å²) in [6.07, 6.45) is 0. The molecule has 0 saturated heterocycles. The van der Waals surface area contributed by atoms with Crippen molar-refractivity contribution < 1.29 is 4.42 Å². The van der Waals surface area contributed by atoms with Gasteiger partial charge in [0.15, 0.2) is 0 Å². The van der Waals surface area contributed by atoms with Crippen LogP contribution in [0.2, 0.25) is 0 Å². The third-order valence-electron chi connectivity index (χ3n) is 2.62. The van der Waals surface area contributed by atoms with Gasteiger partial charge in [0.25, 0.3) is 0 Å². The molecule has 3 nitrogen and oxygen atoms in total. The van der Waals surface area contributed by atoms with Crippen LogP contribution in [0.1, 0.15) is 0 Å². The quantitative estimate of drug-likeness (QED) is 0.423. The van der Waals surface area contributed by atoms with Crippen LogP contribution in [0.4, 0.5) is 5.69 Å². The van der Waals surface area contributed by atoms with Crippen LogP contribution in [0.3, 0.4) is 0 Å². The van der Waals surface area contributed by atoms with Crippen molar-refractivity contribution in [3.63, 3.8) is 0 Å². The van der Waals surface area contributed by atoms with Gasteiger partial charge in [0.05, 0.1) is 11.1 Å². The Morgan fingerprint density at radius 3 is 2.50 bits per heavy atom. The lowest BCUT2D eigenvalue weighted by atomic mass is 10.1. The Labute approximate surface area is 91.1 Å². The standard InChI is InChI=1S/C13H8NO2/c14-8-5-6-10-9-3-1-2-4-11(9)13(15)16-12(10)7-8/h1-7,14H. The first-order chi connectivity index (χ1) is 7.75. The second-order valence-corrected chi connectivity index (χ2v) is 3.65. The van der Waals surface area contributed by atoms with Crippen LogP contribution in [-0.4, -0.2) is 0 Å². The third kappa shape index (κ3) is 1.18. The first kappa shape index (κ1) is 8.97. The highest BCUT2D eigenvalue weighted by atomic mass is 16.4. The summed E-state index contributed by atoms with van der Waals surface area (Å²) in [5.41, 5.74) is 7.95. The molecule has 0 aliphatic carbocycles. The summed E-state index contributed by atoms with van der Waals surface area (Å²) in [4.78, 5) is 11.7. The summed E-state index contributed by atoms with van der Waals surface area (Å²) in [6, 6.07) is 12.4. The molecule has 3 rings (SSSR count). The van der Waals surface area contributed by atoms with E-state index in [0.717, 1.165) is 10.8 Å². The molecule has 77 valence electrons. The first-order valence-electron chi connectivity index (χ1n) is 4.93. The molecule has 1 radical (unpaired) electrons. The van der Waals surface area contributed by atoms with Crippen LogP contribution in [0.15, 0.2) is 51.7 Å². The van der Waals surface area contributed by atoms with Crippen molar-refractivity contribution in [1.29, 1.82) is 0 Å². The Bertz CT molecular complexity index is 744. The van der Waals surface area contributed by atoms with E-state index in [1.807, 2.05) is 24.3 Å². The van der Waals surface area contributed by atoms with E-state index in [1.165, 1.54) is 0 Å². The number of rotatable bonds is 0. The average Bonchev–Trinajstić information content (AvgIpc) is 2.29. The van der Waals surface area contributed by atoms with Crippen molar-refractivity contribution in [2.24, 2.45) is 0 Å². The summed E-state index contributed by atoms with van der Waals surface area (Å²) in [7, 11) is 0. The van der Waals surface area contributed by atoms with Gasteiger partial charge in [0.2, 0.25) is 0 Å². The second-order valence-electron chi connectivity index (χ2n) is 3.65. The summed E-state index contributed by atoms with van der Waals surface area (Å²) in [5.74, 6) is 0. The normalized spacial score (nSPS) is 11.0. The lowest BCUT2D eigenvalue weighted by Gasteiger charge is -2.02. The molecule has 0 atom stereocenters. The van der Waals surface area contributed by atoms with Crippen molar-refractivity contribution >= 4 is 27.4 Å². The van der Waals surface area contributed by atoms with Crippen molar-refractivity contribution in [3.05, 3.63) is 52.9 Å². The minimum atomic E-state index is -0.353. The maximum Gasteiger partial charge on any atom is 0.344 e. The Hall–Kier alpha value is -2.29. The lowest BCUT2D eigenvalue weighted by molar-refractivity contribution is 0.570. The zero-order chi connectivity index (χ0) is 11.1. The summed E-state index contributed by atoms with van der Waals surface area (Å²) in [5, 5.41) is 2.31. The van der Waals surface area contributed by atoms with Crippen LogP contribution in [0.5, 0.6) is 0 Å². The molecule has 3 aromatic rings. The Morgan fingerprint density at radius 1 is 0.938 bits per heavy atom. The second kappa shape index (κ2) is 3.10. The summed E-state index contributed by atoms with van der Waals surface area (Å²) < 4.78 is 5.18. The molecule has 0 amide bonds. The molecule has 1 heterocycles. The van der Waals surface area contributed by atoms with Crippen molar-refractivity contribution in [3.8, 4) is 0 Å². The van der Waals surface area contributed by atoms with Gasteiger partial charge in [-0.15, -0.1) is 0 Å². The van der Waals surface area contributed by atoms with Gasteiger partial charge in [-0.2, -0.15) is 0 Å². The van der Waals surface area contributed by atoms with E-state index in [4.69, 9.17) is 10.2 Å². The monoisotopic (exact) mass is 210 g/mol. The lowest BCUT2D eigenvalue weighted by Crippen LogP contribution is -1.99. The van der Waals surface area contributed by atoms with Crippen LogP contribution < -0.4 is 11.4 Å². The Kier molecular flexibility index (Phi) is 1.74. The van der Waals surface area contributed by atoms with Crippen molar-refractivity contribution in [2.75, 3.05) is 0 Å². The maximum atomic E-state index is 11.7. The van der Waals surface area contributed by atoms with Gasteiger partial charge in [-0.1, -0.05) is 18.2 Å². The highest BCUT2D eigenvalue weighted by molar-refractivity contribution is 6.04. The van der Waals surface area contributed by atoms with Crippen LogP contribution >= 0.6 is 0 Å². The summed E-state index contributed by atoms with van der Waals surface area (Å²) in [6.45, 7) is 0. The molecule has 0 spiro atoms. The average molecular weight is 210 g/mol. The van der Waals surface area contributed by atoms with Gasteiger partial charge in [0.1, 0.15) is 5.58 Å². The fourth-order valence-electron chi connectivity index (χ4n) is 1.88. The number of hydrogen-bond acceptors (Lipinski definition) is 2. The van der Waals surface area contributed by atoms with Gasteiger partial charge < -0.3 is 10.2 Å². The Morgan fingerprint density at radius 2 is 1.69 bits per heavy atom. The van der Waals surface area contributed by atoms with Crippen molar-refractivity contribution in [1.82, 2.24) is 5.73 Å². The zero-order valence-electron chi connectivity index (χ0n) is 8.36. The summed E-state index contributed by atoms with van der Waals surface area (Å²) >= 11 is 0. The molecule has 3 heteroatoms. The molecule has 0 fully saturated rings. The van der Waals surface area contributed by atoms with Crippen LogP contribution in [0, 0.1) is 0 Å². The largest absolute Gasteiger partial charge is 0.422 e. The molecule has 16 heavy (non-hydrogen) atoms. The van der Waals surface area contributed by atoms with Gasteiger partial charge in [0, 0.05) is 11.5 Å². The number of hydrogen-bond donors (Lipinski definition) is 0. The molecule has 0 aliphatic rings. The van der Waals surface area contributed by atoms with Gasteiger partial charge in [-0.05, 0) is 23.6 Å². The predicted octanol–water partition coefficient (Wildman–Crippen LogP) is 2.86. The highest BCUT2D eigenvalue weighted by Crippen LogP contribution is 2.24. The maximum absolute atomic E-state index is 11.7. The Balaban J connectivity index is 2.64. The number of nitrogens with one attached hydrogen (secondary N) is 1. The molecule has 1 aromatic heterocycles. The van der Waals surface area contributed by atoms with Gasteiger partial charge >= 0.3 is 5.63 Å². The van der Waals surface area contributed by atoms with Gasteiger partial charge in [-0.25, -0.2) is 4.79 Å². The molecular weight excluding hydrogens is 202 g/mol. The SMILES string of the molecule is [NH]c1ccc2c(c1)oc(=O)c1ccccc12. The molecular formula is C13H8NO2. The molecule has 0 unspecified atom stereocenters. The predicted molar refractivity (Wildman–Crippen MR) is 62.7 cm³/mol. The molecule has 0 aliphatic heterocycles. The molecule has 2 aromatic carbocycles. The highest BCUT2D eigenvalue weighted by Gasteiger charge is 2.06. The minimum absolute atomic E-state index is 0.339. The minimum Gasteiger partial charge on any atom is -0.422 e. The van der Waals surface area contributed by atoms with E-state index in [-0.39, 0.29) is 5.63 Å². The fourth-order valence-corrected chi connectivity index (χ4v) is 1.88. The topological polar surface area (TPSA) is 54.0 Å². The van der Waals surface area contributed by atoms with E-state index in [0.29, 0.717) is 16.7 Å². The van der Waals surface area contributed by atoms with Crippen molar-refractivity contribution in [2.45, 2.75) is 0 Å². The van der Waals surface area contributed by atoms with E-state index in [2.05, 4.69) is 0 Å². The van der Waals surface area contributed by atoms with Crippen LogP contribution in [0.25, 0.3) is 21.7 Å². The molecule has 0 saturated carbocycles. The molecule has 0 bridgehead atoms. The van der Waals surface area contributed by atoms with Crippen LogP contribution in [-0.2, 0) is 0 Å².